The van der Waals surface area contributed by atoms with E-state index in [-0.39, 0.29) is 5.75 Å². The molecule has 0 aliphatic carbocycles. The van der Waals surface area contributed by atoms with Crippen LogP contribution in [-0.2, 0) is 0 Å². The van der Waals surface area contributed by atoms with Crippen molar-refractivity contribution >= 4 is 17.2 Å². The Kier molecular flexibility index (Phi) is 3.97. The first-order valence-corrected chi connectivity index (χ1v) is 6.53. The lowest BCUT2D eigenvalue weighted by Crippen LogP contribution is -3.14. The van der Waals surface area contributed by atoms with Crippen LogP contribution < -0.4 is 4.90 Å². The summed E-state index contributed by atoms with van der Waals surface area (Å²) in [5.41, 5.74) is 1.03. The number of hydrogen-bond acceptors (Lipinski definition) is 2. The van der Waals surface area contributed by atoms with Crippen molar-refractivity contribution in [1.29, 1.82) is 0 Å². The van der Waals surface area contributed by atoms with Gasteiger partial charge >= 0.3 is 0 Å². The summed E-state index contributed by atoms with van der Waals surface area (Å²) in [5.74, 6) is 0.289. The topological polar surface area (TPSA) is 27.9 Å². The maximum Gasteiger partial charge on any atom is 0.115 e. The van der Waals surface area contributed by atoms with E-state index in [0.29, 0.717) is 0 Å². The summed E-state index contributed by atoms with van der Waals surface area (Å²) in [6.45, 7) is 7.80. The third kappa shape index (κ3) is 2.96. The van der Waals surface area contributed by atoms with Crippen molar-refractivity contribution in [2.45, 2.75) is 6.92 Å². The molecule has 0 bridgehead atoms. The number of nitrogens with zero attached hydrogens (tertiary/aromatic N) is 1. The van der Waals surface area contributed by atoms with Gasteiger partial charge in [-0.1, -0.05) is 12.2 Å². The number of likely N-dealkylation sites (N-methyl/N-ethyl adjacent to an activating group) is 1. The summed E-state index contributed by atoms with van der Waals surface area (Å²) in [6.07, 6.45) is 0. The highest BCUT2D eigenvalue weighted by atomic mass is 32.1. The van der Waals surface area contributed by atoms with E-state index in [2.05, 4.69) is 11.8 Å². The highest BCUT2D eigenvalue weighted by Crippen LogP contribution is 2.12. The highest BCUT2D eigenvalue weighted by molar-refractivity contribution is 7.80. The molecule has 1 aliphatic heterocycles. The zero-order chi connectivity index (χ0) is 12.3. The number of thiocarbonyl (C=S) groups is 1. The second kappa shape index (κ2) is 5.47. The Morgan fingerprint density at radius 2 is 1.88 bits per heavy atom. The molecule has 4 heteroatoms. The van der Waals surface area contributed by atoms with E-state index in [1.165, 1.54) is 6.54 Å². The molecule has 1 aromatic carbocycles. The average Bonchev–Trinajstić information content (AvgIpc) is 2.39. The number of phenolic OH excluding ortho intramolecular Hbond substituents is 1. The van der Waals surface area contributed by atoms with E-state index in [4.69, 9.17) is 12.2 Å². The van der Waals surface area contributed by atoms with E-state index in [9.17, 15) is 5.11 Å². The van der Waals surface area contributed by atoms with Gasteiger partial charge in [-0.25, -0.2) is 0 Å². The van der Waals surface area contributed by atoms with Crippen molar-refractivity contribution < 1.29 is 10.0 Å². The van der Waals surface area contributed by atoms with Gasteiger partial charge in [-0.3, -0.25) is 0 Å². The fourth-order valence-electron chi connectivity index (χ4n) is 2.17. The van der Waals surface area contributed by atoms with Gasteiger partial charge in [0.05, 0.1) is 32.7 Å². The van der Waals surface area contributed by atoms with Gasteiger partial charge in [0, 0.05) is 5.56 Å². The smallest absolute Gasteiger partial charge is 0.115 e. The van der Waals surface area contributed by atoms with Crippen LogP contribution >= 0.6 is 12.2 Å². The van der Waals surface area contributed by atoms with Crippen molar-refractivity contribution in [3.8, 4) is 5.75 Å². The fraction of sp³-hybridized carbons (Fsp3) is 0.462. The molecule has 3 nitrogen and oxygen atoms in total. The van der Waals surface area contributed by atoms with Crippen molar-refractivity contribution in [2.24, 2.45) is 0 Å². The van der Waals surface area contributed by atoms with Gasteiger partial charge in [0.15, 0.2) is 0 Å². The van der Waals surface area contributed by atoms with Crippen LogP contribution in [0.5, 0.6) is 5.75 Å². The minimum Gasteiger partial charge on any atom is -0.508 e. The number of aromatic hydroxyl groups is 1. The van der Waals surface area contributed by atoms with Crippen molar-refractivity contribution in [1.82, 2.24) is 4.90 Å². The molecule has 1 heterocycles. The lowest BCUT2D eigenvalue weighted by molar-refractivity contribution is -0.902. The number of nitrogens with one attached hydrogen (secondary N) is 1. The van der Waals surface area contributed by atoms with Gasteiger partial charge in [-0.15, -0.1) is 0 Å². The first-order chi connectivity index (χ1) is 8.20. The third-order valence-corrected chi connectivity index (χ3v) is 3.87. The molecule has 2 rings (SSSR count). The van der Waals surface area contributed by atoms with E-state index in [0.717, 1.165) is 36.7 Å². The lowest BCUT2D eigenvalue weighted by atomic mass is 10.2. The number of piperazine rings is 1. The molecule has 0 unspecified atom stereocenters. The Balaban J connectivity index is 1.99. The number of benzene rings is 1. The van der Waals surface area contributed by atoms with Gasteiger partial charge in [0.25, 0.3) is 0 Å². The summed E-state index contributed by atoms with van der Waals surface area (Å²) >= 11 is 5.49. The van der Waals surface area contributed by atoms with E-state index >= 15 is 0 Å². The van der Waals surface area contributed by atoms with E-state index in [1.54, 1.807) is 17.0 Å². The summed E-state index contributed by atoms with van der Waals surface area (Å²) in [4.78, 5) is 4.82. The quantitative estimate of drug-likeness (QED) is 0.740. The van der Waals surface area contributed by atoms with E-state index in [1.807, 2.05) is 12.1 Å². The second-order valence-electron chi connectivity index (χ2n) is 4.44. The van der Waals surface area contributed by atoms with Crippen LogP contribution in [0, 0.1) is 0 Å². The molecule has 17 heavy (non-hydrogen) atoms. The number of rotatable bonds is 2. The molecule has 1 aromatic rings. The van der Waals surface area contributed by atoms with Crippen LogP contribution in [0.25, 0.3) is 0 Å². The standard InChI is InChI=1S/C13H18N2OS/c1-2-14-7-9-15(10-8-14)13(17)11-3-5-12(16)6-4-11/h3-6,16H,2,7-10H2,1H3/p+1. The Morgan fingerprint density at radius 3 is 2.41 bits per heavy atom. The molecule has 0 aromatic heterocycles. The Labute approximate surface area is 108 Å². The molecular formula is C13H19N2OS+. The molecule has 1 fully saturated rings. The molecule has 0 radical (unpaired) electrons. The molecule has 92 valence electrons. The molecule has 1 aliphatic rings. The third-order valence-electron chi connectivity index (χ3n) is 3.37. The van der Waals surface area contributed by atoms with Crippen LogP contribution in [-0.4, -0.2) is 47.7 Å². The summed E-state index contributed by atoms with van der Waals surface area (Å²) in [7, 11) is 0. The number of phenols is 1. The lowest BCUT2D eigenvalue weighted by Gasteiger charge is -2.33. The molecule has 2 N–H and O–H groups in total. The Morgan fingerprint density at radius 1 is 1.29 bits per heavy atom. The SMILES string of the molecule is CC[NH+]1CCN(C(=S)c2ccc(O)cc2)CC1. The minimum absolute atomic E-state index is 0.289. The summed E-state index contributed by atoms with van der Waals surface area (Å²) in [6, 6.07) is 7.15. The fourth-order valence-corrected chi connectivity index (χ4v) is 2.48. The molecule has 0 spiro atoms. The molecule has 0 atom stereocenters. The highest BCUT2D eigenvalue weighted by Gasteiger charge is 2.20. The van der Waals surface area contributed by atoms with Crippen molar-refractivity contribution in [2.75, 3.05) is 32.7 Å². The number of quaternary nitrogens is 1. The number of hydrogen-bond donors (Lipinski definition) is 2. The first kappa shape index (κ1) is 12.3. The van der Waals surface area contributed by atoms with Gasteiger partial charge in [0.2, 0.25) is 0 Å². The summed E-state index contributed by atoms with van der Waals surface area (Å²) < 4.78 is 0. The minimum atomic E-state index is 0.289. The van der Waals surface area contributed by atoms with Crippen LogP contribution in [0.1, 0.15) is 12.5 Å². The molecular weight excluding hydrogens is 232 g/mol. The maximum absolute atomic E-state index is 9.26. The monoisotopic (exact) mass is 251 g/mol. The largest absolute Gasteiger partial charge is 0.508 e. The average molecular weight is 251 g/mol. The Hall–Kier alpha value is -1.13. The van der Waals surface area contributed by atoms with Crippen molar-refractivity contribution in [3.63, 3.8) is 0 Å². The van der Waals surface area contributed by atoms with Crippen LogP contribution in [0.3, 0.4) is 0 Å². The van der Waals surface area contributed by atoms with Crippen molar-refractivity contribution in [3.05, 3.63) is 29.8 Å². The van der Waals surface area contributed by atoms with Crippen LogP contribution in [0.2, 0.25) is 0 Å². The zero-order valence-corrected chi connectivity index (χ0v) is 11.0. The van der Waals surface area contributed by atoms with E-state index < -0.39 is 0 Å². The van der Waals surface area contributed by atoms with Crippen LogP contribution in [0.4, 0.5) is 0 Å². The predicted octanol–water partition coefficient (Wildman–Crippen LogP) is 0.288. The summed E-state index contributed by atoms with van der Waals surface area (Å²) in [5, 5.41) is 9.26. The molecule has 0 saturated carbocycles. The normalized spacial score (nSPS) is 17.1. The zero-order valence-electron chi connectivity index (χ0n) is 10.1. The van der Waals surface area contributed by atoms with Gasteiger partial charge in [-0.05, 0) is 31.2 Å². The maximum atomic E-state index is 9.26. The first-order valence-electron chi connectivity index (χ1n) is 6.12. The predicted molar refractivity (Wildman–Crippen MR) is 72.6 cm³/mol. The van der Waals surface area contributed by atoms with Gasteiger partial charge in [-0.2, -0.15) is 0 Å². The molecule has 0 amide bonds. The van der Waals surface area contributed by atoms with Gasteiger partial charge < -0.3 is 14.9 Å². The van der Waals surface area contributed by atoms with Gasteiger partial charge in [0.1, 0.15) is 10.7 Å². The van der Waals surface area contributed by atoms with Crippen LogP contribution in [0.15, 0.2) is 24.3 Å². The Bertz CT molecular complexity index is 383. The second-order valence-corrected chi connectivity index (χ2v) is 4.83. The molecule has 1 saturated heterocycles.